The van der Waals surface area contributed by atoms with E-state index >= 15 is 0 Å². The lowest BCUT2D eigenvalue weighted by Crippen LogP contribution is -2.30. The zero-order valence-electron chi connectivity index (χ0n) is 71.9. The van der Waals surface area contributed by atoms with Crippen LogP contribution in [0, 0.1) is 11.8 Å². The van der Waals surface area contributed by atoms with Gasteiger partial charge in [-0.25, -0.2) is 9.13 Å². The first-order chi connectivity index (χ1) is 52.9. The molecule has 3 N–H and O–H groups in total. The molecule has 17 nitrogen and oxygen atoms in total. The van der Waals surface area contributed by atoms with Crippen LogP contribution in [0.1, 0.15) is 485 Å². The van der Waals surface area contributed by atoms with E-state index in [0.717, 1.165) is 102 Å². The van der Waals surface area contributed by atoms with Gasteiger partial charge in [-0.1, -0.05) is 433 Å². The lowest BCUT2D eigenvalue weighted by molar-refractivity contribution is -0.161. The highest BCUT2D eigenvalue weighted by atomic mass is 31.2. The molecule has 0 saturated heterocycles. The van der Waals surface area contributed by atoms with Crippen molar-refractivity contribution in [2.24, 2.45) is 11.8 Å². The molecule has 0 spiro atoms. The highest BCUT2D eigenvalue weighted by molar-refractivity contribution is 7.47. The van der Waals surface area contributed by atoms with E-state index in [-0.39, 0.29) is 25.7 Å². The average Bonchev–Trinajstić information content (AvgIpc) is 0.899. The van der Waals surface area contributed by atoms with Crippen molar-refractivity contribution >= 4 is 39.5 Å². The van der Waals surface area contributed by atoms with Crippen molar-refractivity contribution in [3.05, 3.63) is 0 Å². The van der Waals surface area contributed by atoms with Gasteiger partial charge in [-0.05, 0) is 37.5 Å². The van der Waals surface area contributed by atoms with E-state index in [9.17, 15) is 43.2 Å². The first-order valence-electron chi connectivity index (χ1n) is 46.5. The van der Waals surface area contributed by atoms with Crippen molar-refractivity contribution in [2.45, 2.75) is 503 Å². The molecule has 0 amide bonds. The average molecular weight is 1590 g/mol. The maximum absolute atomic E-state index is 13.2. The quantitative estimate of drug-likeness (QED) is 0.0222. The maximum atomic E-state index is 13.2. The van der Waals surface area contributed by atoms with Crippen molar-refractivity contribution in [1.82, 2.24) is 0 Å². The second-order valence-corrected chi connectivity index (χ2v) is 36.2. The predicted octanol–water partition coefficient (Wildman–Crippen LogP) is 27.8. The number of aliphatic hydroxyl groups is 1. The lowest BCUT2D eigenvalue weighted by atomic mass is 10.0. The van der Waals surface area contributed by atoms with Crippen molar-refractivity contribution in [1.29, 1.82) is 0 Å². The molecule has 0 aliphatic carbocycles. The van der Waals surface area contributed by atoms with Crippen LogP contribution in [0.2, 0.25) is 0 Å². The second-order valence-electron chi connectivity index (χ2n) is 33.3. The standard InChI is InChI=1S/C90H176O17P2/c1-7-9-11-13-15-17-19-21-37-44-50-56-62-68-74-89(94)106-85(78-100-87(92)72-66-60-54-48-42-34-20-18-16-14-12-10-8-2)80-104-108(96,97)102-76-84(91)77-103-109(98,99)105-81-86(107-90(95)75-69-63-57-51-45-39-33-29-25-23-27-31-36-41-47-53-59-65-71-83(5)6)79-101-88(93)73-67-61-55-49-43-38-32-28-24-22-26-30-35-40-46-52-58-64-70-82(3)4/h82-86,91H,7-81H2,1-6H3,(H,96,97)(H,98,99)/t84-,85+,86+/m0/s1. The SMILES string of the molecule is CCCCCCCCCCCCCCCCC(=O)O[C@H](COC(=O)CCCCCCCCCCCCCCC)COP(=O)(O)OC[C@H](O)COP(=O)(O)OC[C@@H](COC(=O)CCCCCCCCCCCCCCCCCCCCC(C)C)OC(=O)CCCCCCCCCCCCCCCCCCCCC(C)C. The Morgan fingerprint density at radius 3 is 0.624 bits per heavy atom. The summed E-state index contributed by atoms with van der Waals surface area (Å²) < 4.78 is 69.0. The van der Waals surface area contributed by atoms with Crippen LogP contribution < -0.4 is 0 Å². The third kappa shape index (κ3) is 83.8. The van der Waals surface area contributed by atoms with Gasteiger partial charge < -0.3 is 33.8 Å². The van der Waals surface area contributed by atoms with Gasteiger partial charge in [0.2, 0.25) is 0 Å². The number of hydrogen-bond acceptors (Lipinski definition) is 15. The molecule has 0 radical (unpaired) electrons. The molecule has 0 fully saturated rings. The van der Waals surface area contributed by atoms with E-state index in [0.29, 0.717) is 25.7 Å². The Balaban J connectivity index is 5.24. The molecule has 0 aliphatic rings. The van der Waals surface area contributed by atoms with Crippen molar-refractivity contribution in [3.8, 4) is 0 Å². The zero-order chi connectivity index (χ0) is 79.9. The molecule has 0 heterocycles. The number of unbranched alkanes of at least 4 members (excludes halogenated alkanes) is 59. The Hall–Kier alpha value is -1.94. The smallest absolute Gasteiger partial charge is 0.462 e. The molecule has 19 heteroatoms. The first kappa shape index (κ1) is 107. The van der Waals surface area contributed by atoms with E-state index in [2.05, 4.69) is 41.5 Å². The third-order valence-electron chi connectivity index (χ3n) is 21.2. The highest BCUT2D eigenvalue weighted by Gasteiger charge is 2.31. The fourth-order valence-corrected chi connectivity index (χ4v) is 15.7. The van der Waals surface area contributed by atoms with Crippen LogP contribution in [0.4, 0.5) is 0 Å². The third-order valence-corrected chi connectivity index (χ3v) is 23.1. The Labute approximate surface area is 670 Å². The van der Waals surface area contributed by atoms with Gasteiger partial charge in [-0.2, -0.15) is 0 Å². The maximum Gasteiger partial charge on any atom is 0.472 e. The number of hydrogen-bond donors (Lipinski definition) is 3. The molecule has 0 saturated carbocycles. The predicted molar refractivity (Wildman–Crippen MR) is 451 cm³/mol. The summed E-state index contributed by atoms with van der Waals surface area (Å²) in [5.74, 6) is -0.451. The van der Waals surface area contributed by atoms with Crippen LogP contribution in [0.3, 0.4) is 0 Å². The van der Waals surface area contributed by atoms with E-state index in [1.54, 1.807) is 0 Å². The number of carbonyl (C=O) groups excluding carboxylic acids is 4. The zero-order valence-corrected chi connectivity index (χ0v) is 73.7. The molecule has 0 aliphatic heterocycles. The molecule has 0 aromatic heterocycles. The van der Waals surface area contributed by atoms with E-state index < -0.39 is 97.5 Å². The van der Waals surface area contributed by atoms with Gasteiger partial charge in [0.15, 0.2) is 12.2 Å². The summed E-state index contributed by atoms with van der Waals surface area (Å²) in [4.78, 5) is 73.4. The summed E-state index contributed by atoms with van der Waals surface area (Å²) in [5.41, 5.74) is 0. The molecule has 648 valence electrons. The molecule has 0 bridgehead atoms. The first-order valence-corrected chi connectivity index (χ1v) is 49.5. The van der Waals surface area contributed by atoms with E-state index in [4.69, 9.17) is 37.0 Å². The van der Waals surface area contributed by atoms with Crippen LogP contribution in [-0.2, 0) is 65.4 Å². The molecule has 0 aromatic rings. The Bertz CT molecular complexity index is 2080. The number of esters is 4. The fourth-order valence-electron chi connectivity index (χ4n) is 14.1. The van der Waals surface area contributed by atoms with E-state index in [1.165, 1.54) is 302 Å². The summed E-state index contributed by atoms with van der Waals surface area (Å²) >= 11 is 0. The van der Waals surface area contributed by atoms with Gasteiger partial charge >= 0.3 is 39.5 Å². The fraction of sp³-hybridized carbons (Fsp3) is 0.956. The minimum atomic E-state index is -4.97. The summed E-state index contributed by atoms with van der Waals surface area (Å²) in [6.07, 6.45) is 74.9. The van der Waals surface area contributed by atoms with Gasteiger partial charge in [-0.15, -0.1) is 0 Å². The largest absolute Gasteiger partial charge is 0.472 e. The normalized spacial score (nSPS) is 13.8. The molecule has 2 unspecified atom stereocenters. The molecule has 0 aromatic carbocycles. The molecule has 109 heavy (non-hydrogen) atoms. The van der Waals surface area contributed by atoms with Gasteiger partial charge in [0.1, 0.15) is 19.3 Å². The molecule has 0 rings (SSSR count). The van der Waals surface area contributed by atoms with Crippen molar-refractivity contribution < 1.29 is 80.2 Å². The minimum Gasteiger partial charge on any atom is -0.462 e. The van der Waals surface area contributed by atoms with Crippen LogP contribution in [0.15, 0.2) is 0 Å². The summed E-state index contributed by atoms with van der Waals surface area (Å²) in [6, 6.07) is 0. The summed E-state index contributed by atoms with van der Waals surface area (Å²) in [7, 11) is -9.93. The number of phosphoric ester groups is 2. The minimum absolute atomic E-state index is 0.109. The Kier molecular flexibility index (Phi) is 79.8. The Morgan fingerprint density at radius 2 is 0.422 bits per heavy atom. The Morgan fingerprint density at radius 1 is 0.248 bits per heavy atom. The van der Waals surface area contributed by atoms with Gasteiger partial charge in [0, 0.05) is 25.7 Å². The lowest BCUT2D eigenvalue weighted by Gasteiger charge is -2.21. The van der Waals surface area contributed by atoms with Crippen LogP contribution in [-0.4, -0.2) is 96.7 Å². The second kappa shape index (κ2) is 81.2. The number of aliphatic hydroxyl groups excluding tert-OH is 1. The summed E-state index contributed by atoms with van der Waals surface area (Å²) in [6.45, 7) is 9.78. The number of ether oxygens (including phenoxy) is 4. The van der Waals surface area contributed by atoms with Gasteiger partial charge in [0.05, 0.1) is 26.4 Å². The van der Waals surface area contributed by atoms with Crippen LogP contribution in [0.5, 0.6) is 0 Å². The molecule has 5 atom stereocenters. The molecular formula is C90H176O17P2. The summed E-state index contributed by atoms with van der Waals surface area (Å²) in [5, 5.41) is 10.7. The topological polar surface area (TPSA) is 237 Å². The van der Waals surface area contributed by atoms with Crippen molar-refractivity contribution in [3.63, 3.8) is 0 Å². The highest BCUT2D eigenvalue weighted by Crippen LogP contribution is 2.45. The monoisotopic (exact) mass is 1590 g/mol. The number of rotatable bonds is 89. The number of phosphoric acid groups is 2. The van der Waals surface area contributed by atoms with Crippen LogP contribution in [0.25, 0.3) is 0 Å². The van der Waals surface area contributed by atoms with E-state index in [1.807, 2.05) is 0 Å². The van der Waals surface area contributed by atoms with Gasteiger partial charge in [-0.3, -0.25) is 37.3 Å². The van der Waals surface area contributed by atoms with Crippen molar-refractivity contribution in [2.75, 3.05) is 39.6 Å². The number of carbonyl (C=O) groups is 4. The molecular weight excluding hydrogens is 1410 g/mol. The van der Waals surface area contributed by atoms with Crippen LogP contribution >= 0.6 is 15.6 Å². The van der Waals surface area contributed by atoms with Gasteiger partial charge in [0.25, 0.3) is 0 Å².